The number of hydrogen-bond acceptors (Lipinski definition) is 3. The lowest BCUT2D eigenvalue weighted by Crippen LogP contribution is -2.58. The molecule has 1 aliphatic heterocycles. The minimum atomic E-state index is 0.634. The lowest BCUT2D eigenvalue weighted by molar-refractivity contribution is 0.112. The maximum Gasteiger partial charge on any atom is 0.0931 e. The third-order valence-electron chi connectivity index (χ3n) is 4.11. The van der Waals surface area contributed by atoms with Gasteiger partial charge >= 0.3 is 0 Å². The lowest BCUT2D eigenvalue weighted by atomic mass is 9.98. The molecule has 2 atom stereocenters. The van der Waals surface area contributed by atoms with Crippen LogP contribution in [0.2, 0.25) is 4.34 Å². The number of piperazine rings is 1. The highest BCUT2D eigenvalue weighted by atomic mass is 35.5. The van der Waals surface area contributed by atoms with Gasteiger partial charge in [0.15, 0.2) is 0 Å². The highest BCUT2D eigenvalue weighted by Gasteiger charge is 2.27. The molecule has 1 N–H and O–H groups in total. The van der Waals surface area contributed by atoms with Gasteiger partial charge in [-0.25, -0.2) is 0 Å². The largest absolute Gasteiger partial charge is 0.311 e. The van der Waals surface area contributed by atoms with E-state index in [1.54, 1.807) is 11.3 Å². The number of thiophene rings is 1. The molecule has 0 aromatic carbocycles. The van der Waals surface area contributed by atoms with Gasteiger partial charge in [0, 0.05) is 36.6 Å². The van der Waals surface area contributed by atoms with Crippen LogP contribution in [-0.4, -0.2) is 36.6 Å². The Morgan fingerprint density at radius 1 is 1.47 bits per heavy atom. The fraction of sp³-hybridized carbons (Fsp3) is 0.733. The first-order valence-corrected chi connectivity index (χ1v) is 8.51. The summed E-state index contributed by atoms with van der Waals surface area (Å²) in [5, 5.41) is 3.69. The Morgan fingerprint density at radius 3 is 2.84 bits per heavy atom. The number of nitrogens with one attached hydrogen (secondary N) is 1. The Morgan fingerprint density at radius 2 is 2.26 bits per heavy atom. The fourth-order valence-corrected chi connectivity index (χ4v) is 3.82. The molecule has 1 fully saturated rings. The van der Waals surface area contributed by atoms with Gasteiger partial charge in [0.25, 0.3) is 0 Å². The maximum atomic E-state index is 6.00. The van der Waals surface area contributed by atoms with Crippen LogP contribution in [0.25, 0.3) is 0 Å². The maximum absolute atomic E-state index is 6.00. The van der Waals surface area contributed by atoms with Gasteiger partial charge in [0.05, 0.1) is 4.34 Å². The summed E-state index contributed by atoms with van der Waals surface area (Å²) in [7, 11) is 0. The van der Waals surface area contributed by atoms with Gasteiger partial charge in [-0.2, -0.15) is 0 Å². The van der Waals surface area contributed by atoms with Gasteiger partial charge in [-0.1, -0.05) is 32.4 Å². The van der Waals surface area contributed by atoms with Crippen molar-refractivity contribution in [2.75, 3.05) is 19.6 Å². The average molecular weight is 301 g/mol. The molecule has 4 heteroatoms. The van der Waals surface area contributed by atoms with E-state index in [0.29, 0.717) is 18.0 Å². The molecule has 19 heavy (non-hydrogen) atoms. The van der Waals surface area contributed by atoms with Crippen molar-refractivity contribution in [3.63, 3.8) is 0 Å². The minimum Gasteiger partial charge on any atom is -0.311 e. The van der Waals surface area contributed by atoms with Gasteiger partial charge in [-0.05, 0) is 30.9 Å². The minimum absolute atomic E-state index is 0.634. The van der Waals surface area contributed by atoms with E-state index in [4.69, 9.17) is 11.6 Å². The van der Waals surface area contributed by atoms with Crippen LogP contribution >= 0.6 is 22.9 Å². The van der Waals surface area contributed by atoms with E-state index in [1.165, 1.54) is 17.8 Å². The summed E-state index contributed by atoms with van der Waals surface area (Å²) < 4.78 is 0.905. The van der Waals surface area contributed by atoms with E-state index < -0.39 is 0 Å². The number of rotatable bonds is 5. The van der Waals surface area contributed by atoms with Crippen LogP contribution in [0.1, 0.15) is 32.1 Å². The van der Waals surface area contributed by atoms with Crippen molar-refractivity contribution in [2.24, 2.45) is 5.92 Å². The summed E-state index contributed by atoms with van der Waals surface area (Å²) in [4.78, 5) is 4.06. The molecule has 0 saturated carbocycles. The molecule has 0 amide bonds. The summed E-state index contributed by atoms with van der Waals surface area (Å²) in [5.74, 6) is 0.705. The Kier molecular flexibility index (Phi) is 5.70. The van der Waals surface area contributed by atoms with Crippen molar-refractivity contribution in [3.8, 4) is 0 Å². The topological polar surface area (TPSA) is 15.3 Å². The quantitative estimate of drug-likeness (QED) is 0.893. The summed E-state index contributed by atoms with van der Waals surface area (Å²) in [6.07, 6.45) is 2.35. The number of halogens is 1. The van der Waals surface area contributed by atoms with Crippen LogP contribution in [0.15, 0.2) is 12.1 Å². The second kappa shape index (κ2) is 7.07. The zero-order valence-electron chi connectivity index (χ0n) is 12.2. The van der Waals surface area contributed by atoms with Gasteiger partial charge in [-0.3, -0.25) is 4.90 Å². The lowest BCUT2D eigenvalue weighted by Gasteiger charge is -2.41. The summed E-state index contributed by atoms with van der Waals surface area (Å²) in [5.41, 5.74) is 0. The van der Waals surface area contributed by atoms with Gasteiger partial charge < -0.3 is 5.32 Å². The molecular formula is C15H25ClN2S. The number of hydrogen-bond donors (Lipinski definition) is 1. The van der Waals surface area contributed by atoms with E-state index in [1.807, 2.05) is 6.07 Å². The zero-order chi connectivity index (χ0) is 13.8. The molecule has 1 saturated heterocycles. The van der Waals surface area contributed by atoms with E-state index in [9.17, 15) is 0 Å². The second-order valence-corrected chi connectivity index (χ2v) is 7.57. The summed E-state index contributed by atoms with van der Waals surface area (Å²) in [6, 6.07) is 5.49. The van der Waals surface area contributed by atoms with Crippen molar-refractivity contribution in [3.05, 3.63) is 21.3 Å². The molecular weight excluding hydrogens is 276 g/mol. The van der Waals surface area contributed by atoms with Gasteiger partial charge in [0.1, 0.15) is 0 Å². The molecule has 1 aromatic rings. The Balaban J connectivity index is 1.91. The van der Waals surface area contributed by atoms with Crippen molar-refractivity contribution in [1.82, 2.24) is 10.2 Å². The summed E-state index contributed by atoms with van der Waals surface area (Å²) >= 11 is 7.71. The highest BCUT2D eigenvalue weighted by Crippen LogP contribution is 2.23. The molecule has 2 rings (SSSR count). The van der Waals surface area contributed by atoms with E-state index in [0.717, 1.165) is 23.8 Å². The van der Waals surface area contributed by atoms with Crippen molar-refractivity contribution in [2.45, 2.75) is 45.7 Å². The van der Waals surface area contributed by atoms with Crippen LogP contribution in [0.4, 0.5) is 0 Å². The first-order chi connectivity index (χ1) is 9.10. The molecule has 2 unspecified atom stereocenters. The first kappa shape index (κ1) is 15.3. The van der Waals surface area contributed by atoms with Crippen LogP contribution in [0, 0.1) is 5.92 Å². The first-order valence-electron chi connectivity index (χ1n) is 7.31. The molecule has 1 aromatic heterocycles. The Labute approximate surface area is 126 Å². The highest BCUT2D eigenvalue weighted by molar-refractivity contribution is 7.16. The third-order valence-corrected chi connectivity index (χ3v) is 5.40. The average Bonchev–Trinajstić information content (AvgIpc) is 2.81. The van der Waals surface area contributed by atoms with Crippen LogP contribution in [0.5, 0.6) is 0 Å². The Hall–Kier alpha value is -0.0900. The summed E-state index contributed by atoms with van der Waals surface area (Å²) in [6.45, 7) is 10.4. The molecule has 0 radical (unpaired) electrons. The molecule has 0 bridgehead atoms. The second-order valence-electron chi connectivity index (χ2n) is 5.77. The van der Waals surface area contributed by atoms with Crippen LogP contribution < -0.4 is 5.32 Å². The molecule has 0 aliphatic carbocycles. The van der Waals surface area contributed by atoms with Crippen molar-refractivity contribution >= 4 is 22.9 Å². The smallest absolute Gasteiger partial charge is 0.0931 e. The number of nitrogens with zero attached hydrogens (tertiary/aromatic N) is 1. The SMILES string of the molecule is CCC1CNC(C(C)C)CN1CCc1ccc(Cl)s1. The monoisotopic (exact) mass is 300 g/mol. The standard InChI is InChI=1S/C15H25ClN2S/c1-4-12-9-17-14(11(2)3)10-18(12)8-7-13-5-6-15(16)19-13/h5-6,11-12,14,17H,4,7-10H2,1-3H3. The fourth-order valence-electron chi connectivity index (χ4n) is 2.75. The van der Waals surface area contributed by atoms with Gasteiger partial charge in [-0.15, -0.1) is 11.3 Å². The molecule has 1 aliphatic rings. The van der Waals surface area contributed by atoms with Gasteiger partial charge in [0.2, 0.25) is 0 Å². The zero-order valence-corrected chi connectivity index (χ0v) is 13.7. The normalized spacial score (nSPS) is 25.1. The third kappa shape index (κ3) is 4.19. The van der Waals surface area contributed by atoms with Crippen LogP contribution in [0.3, 0.4) is 0 Å². The van der Waals surface area contributed by atoms with Crippen molar-refractivity contribution < 1.29 is 0 Å². The molecule has 2 nitrogen and oxygen atoms in total. The molecule has 2 heterocycles. The van der Waals surface area contributed by atoms with Crippen LogP contribution in [-0.2, 0) is 6.42 Å². The predicted molar refractivity (Wildman–Crippen MR) is 85.3 cm³/mol. The Bertz CT molecular complexity index is 391. The van der Waals surface area contributed by atoms with E-state index >= 15 is 0 Å². The van der Waals surface area contributed by atoms with E-state index in [-0.39, 0.29) is 0 Å². The van der Waals surface area contributed by atoms with Crippen molar-refractivity contribution in [1.29, 1.82) is 0 Å². The molecule has 0 spiro atoms. The predicted octanol–water partition coefficient (Wildman–Crippen LogP) is 3.65. The van der Waals surface area contributed by atoms with E-state index in [2.05, 4.69) is 37.1 Å². The molecule has 108 valence electrons.